The molecule has 2 aliphatic rings. The zero-order valence-corrected chi connectivity index (χ0v) is 16.9. The average Bonchev–Trinajstić information content (AvgIpc) is 3.16. The molecule has 1 aliphatic heterocycles. The van der Waals surface area contributed by atoms with Crippen molar-refractivity contribution < 1.29 is 4.74 Å². The molecular formula is C27H20OS. The minimum absolute atomic E-state index is 0.194. The quantitative estimate of drug-likeness (QED) is 0.369. The summed E-state index contributed by atoms with van der Waals surface area (Å²) in [7, 11) is 1.74. The summed E-state index contributed by atoms with van der Waals surface area (Å²) in [6.45, 7) is 0. The summed E-state index contributed by atoms with van der Waals surface area (Å²) in [4.78, 5) is 1.37. The van der Waals surface area contributed by atoms with Crippen molar-refractivity contribution in [3.8, 4) is 16.9 Å². The van der Waals surface area contributed by atoms with Crippen LogP contribution in [0, 0.1) is 0 Å². The minimum atomic E-state index is -0.194. The van der Waals surface area contributed by atoms with E-state index < -0.39 is 0 Å². The maximum Gasteiger partial charge on any atom is 0.119 e. The lowest BCUT2D eigenvalue weighted by atomic mass is 9.61. The fourth-order valence-electron chi connectivity index (χ4n) is 5.18. The van der Waals surface area contributed by atoms with Crippen molar-refractivity contribution in [2.24, 2.45) is 0 Å². The smallest absolute Gasteiger partial charge is 0.119 e. The van der Waals surface area contributed by atoms with Crippen molar-refractivity contribution in [1.29, 1.82) is 0 Å². The van der Waals surface area contributed by atoms with Crippen molar-refractivity contribution >= 4 is 11.8 Å². The summed E-state index contributed by atoms with van der Waals surface area (Å²) in [6, 6.07) is 35.4. The lowest BCUT2D eigenvalue weighted by Crippen LogP contribution is -2.35. The van der Waals surface area contributed by atoms with Crippen LogP contribution in [-0.4, -0.2) is 7.11 Å². The van der Waals surface area contributed by atoms with E-state index in [0.717, 1.165) is 5.75 Å². The number of benzene rings is 4. The Morgan fingerprint density at radius 2 is 1.45 bits per heavy atom. The number of methoxy groups -OCH3 is 1. The molecule has 0 spiro atoms. The molecule has 2 heteroatoms. The molecule has 0 saturated heterocycles. The van der Waals surface area contributed by atoms with Crippen LogP contribution in [0.4, 0.5) is 0 Å². The molecule has 0 N–H and O–H groups in total. The Hall–Kier alpha value is -2.97. The van der Waals surface area contributed by atoms with E-state index >= 15 is 0 Å². The summed E-state index contributed by atoms with van der Waals surface area (Å²) >= 11 is 1.99. The van der Waals surface area contributed by atoms with Gasteiger partial charge in [0.2, 0.25) is 0 Å². The highest BCUT2D eigenvalue weighted by atomic mass is 32.2. The SMILES string of the molecule is COc1ccc2c(c1)-c1ccccc1C1(c3ccccc3)c3ccccc3SC21. The second-order valence-electron chi connectivity index (χ2n) is 7.67. The van der Waals surface area contributed by atoms with Gasteiger partial charge in [-0.25, -0.2) is 0 Å². The maximum atomic E-state index is 5.57. The third-order valence-electron chi connectivity index (χ3n) is 6.36. The maximum absolute atomic E-state index is 5.57. The zero-order valence-electron chi connectivity index (χ0n) is 16.1. The molecule has 0 aromatic heterocycles. The molecule has 0 fully saturated rings. The van der Waals surface area contributed by atoms with Crippen molar-refractivity contribution in [2.45, 2.75) is 15.6 Å². The van der Waals surface area contributed by atoms with Crippen LogP contribution >= 0.6 is 11.8 Å². The molecule has 4 aromatic rings. The van der Waals surface area contributed by atoms with Gasteiger partial charge in [-0.3, -0.25) is 0 Å². The number of hydrogen-bond acceptors (Lipinski definition) is 2. The molecule has 140 valence electrons. The number of rotatable bonds is 2. The van der Waals surface area contributed by atoms with E-state index in [1.54, 1.807) is 7.11 Å². The molecule has 0 saturated carbocycles. The first-order valence-electron chi connectivity index (χ1n) is 9.93. The lowest BCUT2D eigenvalue weighted by molar-refractivity contribution is 0.414. The van der Waals surface area contributed by atoms with Gasteiger partial charge >= 0.3 is 0 Å². The molecule has 29 heavy (non-hydrogen) atoms. The van der Waals surface area contributed by atoms with E-state index in [-0.39, 0.29) is 10.7 Å². The van der Waals surface area contributed by atoms with Gasteiger partial charge in [0.1, 0.15) is 5.75 Å². The van der Waals surface area contributed by atoms with E-state index in [4.69, 9.17) is 4.74 Å². The highest BCUT2D eigenvalue weighted by molar-refractivity contribution is 8.00. The van der Waals surface area contributed by atoms with Crippen molar-refractivity contribution in [1.82, 2.24) is 0 Å². The summed E-state index contributed by atoms with van der Waals surface area (Å²) in [5.74, 6) is 0.909. The first kappa shape index (κ1) is 16.9. The number of thioether (sulfide) groups is 1. The molecule has 0 bridgehead atoms. The van der Waals surface area contributed by atoms with Gasteiger partial charge in [0.05, 0.1) is 17.8 Å². The van der Waals surface area contributed by atoms with Gasteiger partial charge in [0.15, 0.2) is 0 Å². The van der Waals surface area contributed by atoms with Crippen molar-refractivity contribution in [2.75, 3.05) is 7.11 Å². The van der Waals surface area contributed by atoms with E-state index in [1.807, 2.05) is 11.8 Å². The predicted octanol–water partition coefficient (Wildman–Crippen LogP) is 6.86. The predicted molar refractivity (Wildman–Crippen MR) is 120 cm³/mol. The molecule has 0 amide bonds. The molecule has 2 atom stereocenters. The molecule has 4 aromatic carbocycles. The zero-order chi connectivity index (χ0) is 19.4. The van der Waals surface area contributed by atoms with Crippen LogP contribution in [0.3, 0.4) is 0 Å². The van der Waals surface area contributed by atoms with Crippen LogP contribution in [0.25, 0.3) is 11.1 Å². The van der Waals surface area contributed by atoms with Crippen LogP contribution < -0.4 is 4.74 Å². The largest absolute Gasteiger partial charge is 0.497 e. The normalized spacial score (nSPS) is 20.9. The van der Waals surface area contributed by atoms with Crippen LogP contribution in [0.5, 0.6) is 5.75 Å². The molecule has 1 nitrogen and oxygen atoms in total. The van der Waals surface area contributed by atoms with Gasteiger partial charge in [0.25, 0.3) is 0 Å². The second kappa shape index (κ2) is 6.27. The number of fused-ring (bicyclic) bond motifs is 8. The van der Waals surface area contributed by atoms with Gasteiger partial charge in [-0.1, -0.05) is 78.9 Å². The first-order chi connectivity index (χ1) is 14.3. The van der Waals surface area contributed by atoms with E-state index in [2.05, 4.69) is 97.1 Å². The van der Waals surface area contributed by atoms with Gasteiger partial charge in [-0.15, -0.1) is 11.8 Å². The van der Waals surface area contributed by atoms with E-state index in [9.17, 15) is 0 Å². The van der Waals surface area contributed by atoms with Gasteiger partial charge in [-0.2, -0.15) is 0 Å². The fraction of sp³-hybridized carbons (Fsp3) is 0.111. The fourth-order valence-corrected chi connectivity index (χ4v) is 6.85. The van der Waals surface area contributed by atoms with E-state index in [1.165, 1.54) is 38.3 Å². The molecule has 0 radical (unpaired) electrons. The highest BCUT2D eigenvalue weighted by Gasteiger charge is 2.54. The molecule has 6 rings (SSSR count). The molecular weight excluding hydrogens is 372 g/mol. The van der Waals surface area contributed by atoms with Gasteiger partial charge < -0.3 is 4.74 Å². The third-order valence-corrected chi connectivity index (χ3v) is 7.82. The van der Waals surface area contributed by atoms with Crippen LogP contribution in [-0.2, 0) is 5.41 Å². The van der Waals surface area contributed by atoms with Crippen LogP contribution in [0.1, 0.15) is 27.5 Å². The molecule has 2 unspecified atom stereocenters. The Morgan fingerprint density at radius 3 is 2.28 bits per heavy atom. The monoisotopic (exact) mass is 392 g/mol. The van der Waals surface area contributed by atoms with Crippen molar-refractivity contribution in [3.63, 3.8) is 0 Å². The Kier molecular flexibility index (Phi) is 3.66. The molecule has 1 heterocycles. The van der Waals surface area contributed by atoms with Gasteiger partial charge in [0, 0.05) is 4.90 Å². The standard InChI is InChI=1S/C27H20OS/c1-28-19-15-16-21-22(17-19)20-11-5-6-12-23(20)27(18-9-3-2-4-10-18)24-13-7-8-14-25(24)29-26(21)27/h2-17,26H,1H3. The van der Waals surface area contributed by atoms with Crippen LogP contribution in [0.15, 0.2) is 102 Å². The highest BCUT2D eigenvalue weighted by Crippen LogP contribution is 2.68. The Labute approximate surface area is 175 Å². The first-order valence-corrected chi connectivity index (χ1v) is 10.8. The summed E-state index contributed by atoms with van der Waals surface area (Å²) in [6.07, 6.45) is 0. The van der Waals surface area contributed by atoms with E-state index in [0.29, 0.717) is 0 Å². The second-order valence-corrected chi connectivity index (χ2v) is 8.81. The van der Waals surface area contributed by atoms with Crippen LogP contribution in [0.2, 0.25) is 0 Å². The Bertz CT molecular complexity index is 1230. The van der Waals surface area contributed by atoms with Crippen molar-refractivity contribution in [3.05, 3.63) is 119 Å². The minimum Gasteiger partial charge on any atom is -0.497 e. The summed E-state index contributed by atoms with van der Waals surface area (Å²) in [5, 5.41) is 0.290. The number of hydrogen-bond donors (Lipinski definition) is 0. The number of ether oxygens (including phenoxy) is 1. The molecule has 1 aliphatic carbocycles. The Balaban J connectivity index is 1.77. The third kappa shape index (κ3) is 2.18. The topological polar surface area (TPSA) is 9.23 Å². The van der Waals surface area contributed by atoms with Gasteiger partial charge in [-0.05, 0) is 51.6 Å². The summed E-state index contributed by atoms with van der Waals surface area (Å²) in [5.41, 5.74) is 7.94. The average molecular weight is 393 g/mol. The summed E-state index contributed by atoms with van der Waals surface area (Å²) < 4.78 is 5.57. The Morgan fingerprint density at radius 1 is 0.724 bits per heavy atom. The lowest BCUT2D eigenvalue weighted by Gasteiger charge is -2.43.